The van der Waals surface area contributed by atoms with E-state index in [0.29, 0.717) is 5.56 Å². The summed E-state index contributed by atoms with van der Waals surface area (Å²) in [6.45, 7) is 0. The Morgan fingerprint density at radius 3 is 3.17 bits per heavy atom. The van der Waals surface area contributed by atoms with E-state index in [2.05, 4.69) is 20.9 Å². The van der Waals surface area contributed by atoms with E-state index in [1.54, 1.807) is 23.1 Å². The second-order valence-electron chi connectivity index (χ2n) is 2.42. The van der Waals surface area contributed by atoms with Gasteiger partial charge in [-0.15, -0.1) is 0 Å². The van der Waals surface area contributed by atoms with Crippen molar-refractivity contribution in [3.63, 3.8) is 0 Å². The number of pyridine rings is 1. The highest BCUT2D eigenvalue weighted by molar-refractivity contribution is 9.10. The molecule has 0 spiro atoms. The number of aldehydes is 1. The van der Waals surface area contributed by atoms with Crippen LogP contribution in [0.3, 0.4) is 0 Å². The quantitative estimate of drug-likeness (QED) is 0.694. The number of carbonyl (C=O) groups is 1. The van der Waals surface area contributed by atoms with Crippen molar-refractivity contribution in [3.05, 3.63) is 34.8 Å². The first-order chi connectivity index (χ1) is 5.81. The lowest BCUT2D eigenvalue weighted by Crippen LogP contribution is -1.88. The van der Waals surface area contributed by atoms with E-state index < -0.39 is 0 Å². The number of fused-ring (bicyclic) bond motifs is 1. The normalized spacial score (nSPS) is 10.4. The minimum Gasteiger partial charge on any atom is -0.306 e. The summed E-state index contributed by atoms with van der Waals surface area (Å²) in [6, 6.07) is 1.86. The van der Waals surface area contributed by atoms with Crippen molar-refractivity contribution in [1.82, 2.24) is 9.38 Å². The smallest absolute Gasteiger partial charge is 0.152 e. The molecule has 0 bridgehead atoms. The standard InChI is InChI=1S/C8H5BrN2O/c9-8-1-7-2-10-5-11(7)3-6(8)4-12/h1-5H. The lowest BCUT2D eigenvalue weighted by molar-refractivity contribution is 0.112. The molecule has 4 heteroatoms. The molecular weight excluding hydrogens is 220 g/mol. The third-order valence-corrected chi connectivity index (χ3v) is 2.34. The number of hydrogen-bond donors (Lipinski definition) is 0. The molecule has 0 fully saturated rings. The van der Waals surface area contributed by atoms with Crippen LogP contribution >= 0.6 is 15.9 Å². The number of rotatable bonds is 1. The number of carbonyl (C=O) groups excluding carboxylic acids is 1. The molecule has 3 nitrogen and oxygen atoms in total. The predicted octanol–water partition coefficient (Wildman–Crippen LogP) is 1.91. The molecule has 2 aromatic heterocycles. The zero-order valence-electron chi connectivity index (χ0n) is 6.07. The fraction of sp³-hybridized carbons (Fsp3) is 0. The van der Waals surface area contributed by atoms with Gasteiger partial charge in [0.2, 0.25) is 0 Å². The van der Waals surface area contributed by atoms with Gasteiger partial charge in [0, 0.05) is 16.2 Å². The number of aromatic nitrogens is 2. The van der Waals surface area contributed by atoms with Crippen LogP contribution in [-0.2, 0) is 0 Å². The topological polar surface area (TPSA) is 34.4 Å². The lowest BCUT2D eigenvalue weighted by Gasteiger charge is -1.97. The van der Waals surface area contributed by atoms with Crippen LogP contribution in [0.25, 0.3) is 5.52 Å². The van der Waals surface area contributed by atoms with Crippen molar-refractivity contribution in [3.8, 4) is 0 Å². The highest BCUT2D eigenvalue weighted by atomic mass is 79.9. The van der Waals surface area contributed by atoms with Crippen molar-refractivity contribution >= 4 is 27.7 Å². The molecule has 0 N–H and O–H groups in total. The maximum Gasteiger partial charge on any atom is 0.152 e. The van der Waals surface area contributed by atoms with Crippen LogP contribution in [0.2, 0.25) is 0 Å². The van der Waals surface area contributed by atoms with E-state index in [1.165, 1.54) is 0 Å². The Morgan fingerprint density at radius 1 is 1.58 bits per heavy atom. The zero-order chi connectivity index (χ0) is 8.55. The van der Waals surface area contributed by atoms with E-state index in [4.69, 9.17) is 0 Å². The fourth-order valence-corrected chi connectivity index (χ4v) is 1.48. The third-order valence-electron chi connectivity index (χ3n) is 1.65. The molecule has 2 aromatic rings. The summed E-state index contributed by atoms with van der Waals surface area (Å²) in [5.41, 5.74) is 1.59. The molecular formula is C8H5BrN2O. The predicted molar refractivity (Wildman–Crippen MR) is 48.3 cm³/mol. The Labute approximate surface area is 77.2 Å². The van der Waals surface area contributed by atoms with E-state index >= 15 is 0 Å². The van der Waals surface area contributed by atoms with Gasteiger partial charge < -0.3 is 4.40 Å². The second kappa shape index (κ2) is 2.71. The molecule has 0 aliphatic rings. The summed E-state index contributed by atoms with van der Waals surface area (Å²) in [4.78, 5) is 14.5. The van der Waals surface area contributed by atoms with Crippen LogP contribution in [0.4, 0.5) is 0 Å². The van der Waals surface area contributed by atoms with Gasteiger partial charge in [-0.1, -0.05) is 0 Å². The van der Waals surface area contributed by atoms with Gasteiger partial charge in [-0.2, -0.15) is 0 Å². The van der Waals surface area contributed by atoms with Gasteiger partial charge in [0.15, 0.2) is 6.29 Å². The molecule has 2 rings (SSSR count). The Morgan fingerprint density at radius 2 is 2.42 bits per heavy atom. The lowest BCUT2D eigenvalue weighted by atomic mass is 10.3. The van der Waals surface area contributed by atoms with Gasteiger partial charge in [-0.05, 0) is 22.0 Å². The maximum absolute atomic E-state index is 10.5. The minimum absolute atomic E-state index is 0.625. The Hall–Kier alpha value is -1.16. The SMILES string of the molecule is O=Cc1cn2cncc2cc1Br. The van der Waals surface area contributed by atoms with Crippen molar-refractivity contribution in [2.24, 2.45) is 0 Å². The summed E-state index contributed by atoms with van der Waals surface area (Å²) in [6.07, 6.45) is 5.94. The Balaban J connectivity index is 2.81. The molecule has 0 atom stereocenters. The van der Waals surface area contributed by atoms with Crippen LogP contribution in [0.5, 0.6) is 0 Å². The highest BCUT2D eigenvalue weighted by Gasteiger charge is 2.00. The second-order valence-corrected chi connectivity index (χ2v) is 3.27. The first kappa shape index (κ1) is 7.49. The van der Waals surface area contributed by atoms with Crippen molar-refractivity contribution in [1.29, 1.82) is 0 Å². The van der Waals surface area contributed by atoms with E-state index in [9.17, 15) is 4.79 Å². The van der Waals surface area contributed by atoms with Gasteiger partial charge in [-0.3, -0.25) is 4.79 Å². The first-order valence-corrected chi connectivity index (χ1v) is 4.17. The summed E-state index contributed by atoms with van der Waals surface area (Å²) in [5.74, 6) is 0. The van der Waals surface area contributed by atoms with Crippen molar-refractivity contribution in [2.45, 2.75) is 0 Å². The summed E-state index contributed by atoms with van der Waals surface area (Å²) in [5, 5.41) is 0. The molecule has 0 aliphatic carbocycles. The minimum atomic E-state index is 0.625. The summed E-state index contributed by atoms with van der Waals surface area (Å²) in [7, 11) is 0. The molecule has 2 heterocycles. The molecule has 0 aromatic carbocycles. The third kappa shape index (κ3) is 1.04. The molecule has 0 radical (unpaired) electrons. The number of nitrogens with zero attached hydrogens (tertiary/aromatic N) is 2. The van der Waals surface area contributed by atoms with E-state index in [1.807, 2.05) is 6.07 Å². The Kier molecular flexibility index (Phi) is 1.69. The number of hydrogen-bond acceptors (Lipinski definition) is 2. The monoisotopic (exact) mass is 224 g/mol. The van der Waals surface area contributed by atoms with Gasteiger partial charge in [0.1, 0.15) is 0 Å². The molecule has 0 saturated carbocycles. The largest absolute Gasteiger partial charge is 0.306 e. The molecule has 0 unspecified atom stereocenters. The van der Waals surface area contributed by atoms with E-state index in [-0.39, 0.29) is 0 Å². The maximum atomic E-state index is 10.5. The average molecular weight is 225 g/mol. The summed E-state index contributed by atoms with van der Waals surface area (Å²) < 4.78 is 2.60. The number of halogens is 1. The van der Waals surface area contributed by atoms with Crippen molar-refractivity contribution in [2.75, 3.05) is 0 Å². The average Bonchev–Trinajstić information content (AvgIpc) is 2.49. The first-order valence-electron chi connectivity index (χ1n) is 3.37. The van der Waals surface area contributed by atoms with Gasteiger partial charge >= 0.3 is 0 Å². The van der Waals surface area contributed by atoms with E-state index in [0.717, 1.165) is 16.3 Å². The number of imidazole rings is 1. The van der Waals surface area contributed by atoms with Gasteiger partial charge in [0.05, 0.1) is 18.0 Å². The van der Waals surface area contributed by atoms with Crippen LogP contribution in [0.15, 0.2) is 29.3 Å². The molecule has 0 aliphatic heterocycles. The molecule has 0 amide bonds. The molecule has 0 saturated heterocycles. The van der Waals surface area contributed by atoms with Crippen LogP contribution in [0, 0.1) is 0 Å². The van der Waals surface area contributed by atoms with Crippen LogP contribution in [-0.4, -0.2) is 15.7 Å². The van der Waals surface area contributed by atoms with Gasteiger partial charge in [-0.25, -0.2) is 4.98 Å². The zero-order valence-corrected chi connectivity index (χ0v) is 7.65. The highest BCUT2D eigenvalue weighted by Crippen LogP contribution is 2.17. The molecule has 12 heavy (non-hydrogen) atoms. The molecule has 60 valence electrons. The van der Waals surface area contributed by atoms with Crippen molar-refractivity contribution < 1.29 is 4.79 Å². The Bertz CT molecular complexity index is 436. The summed E-state index contributed by atoms with van der Waals surface area (Å²) >= 11 is 3.29. The van der Waals surface area contributed by atoms with Gasteiger partial charge in [0.25, 0.3) is 0 Å². The fourth-order valence-electron chi connectivity index (χ4n) is 1.05. The van der Waals surface area contributed by atoms with Crippen LogP contribution in [0.1, 0.15) is 10.4 Å². The van der Waals surface area contributed by atoms with Crippen LogP contribution < -0.4 is 0 Å².